The quantitative estimate of drug-likeness (QED) is 0.536. The van der Waals surface area contributed by atoms with Crippen LogP contribution >= 0.6 is 0 Å². The molecule has 2 saturated heterocycles. The average Bonchev–Trinajstić information content (AvgIpc) is 2.89. The van der Waals surface area contributed by atoms with Gasteiger partial charge in [0.15, 0.2) is 0 Å². The number of benzene rings is 1. The van der Waals surface area contributed by atoms with Crippen LogP contribution in [0, 0.1) is 13.8 Å². The molecule has 1 aromatic carbocycles. The van der Waals surface area contributed by atoms with Crippen molar-refractivity contribution in [3.63, 3.8) is 0 Å². The number of rotatable bonds is 8. The molecule has 200 valence electrons. The maximum absolute atomic E-state index is 12.4. The van der Waals surface area contributed by atoms with E-state index in [0.717, 1.165) is 31.9 Å². The summed E-state index contributed by atoms with van der Waals surface area (Å²) >= 11 is 0. The fraction of sp³-hybridized carbons (Fsp3) is 0.556. The zero-order chi connectivity index (χ0) is 26.4. The third-order valence-corrected chi connectivity index (χ3v) is 7.03. The molecule has 1 aromatic heterocycles. The van der Waals surface area contributed by atoms with Crippen molar-refractivity contribution in [1.82, 2.24) is 19.8 Å². The van der Waals surface area contributed by atoms with Crippen LogP contribution in [0.25, 0.3) is 0 Å². The number of aromatic nitrogens is 2. The summed E-state index contributed by atoms with van der Waals surface area (Å²) in [6, 6.07) is 8.16. The zero-order valence-corrected chi connectivity index (χ0v) is 22.2. The van der Waals surface area contributed by atoms with Crippen molar-refractivity contribution in [2.45, 2.75) is 40.2 Å². The lowest BCUT2D eigenvalue weighted by atomic mass is 10.1. The van der Waals surface area contributed by atoms with Gasteiger partial charge >= 0.3 is 5.97 Å². The third kappa shape index (κ3) is 7.09. The number of piperazine rings is 2. The molecular weight excluding hydrogens is 472 g/mol. The van der Waals surface area contributed by atoms with E-state index in [2.05, 4.69) is 46.8 Å². The van der Waals surface area contributed by atoms with E-state index in [1.165, 1.54) is 16.8 Å². The third-order valence-electron chi connectivity index (χ3n) is 7.03. The molecule has 0 radical (unpaired) electrons. The summed E-state index contributed by atoms with van der Waals surface area (Å²) in [6.07, 6.45) is 0.253. The number of carbonyl (C=O) groups is 2. The van der Waals surface area contributed by atoms with Crippen LogP contribution in [0.2, 0.25) is 0 Å². The van der Waals surface area contributed by atoms with E-state index < -0.39 is 0 Å². The van der Waals surface area contributed by atoms with Gasteiger partial charge in [0.1, 0.15) is 0 Å². The first kappa shape index (κ1) is 26.7. The Morgan fingerprint density at radius 2 is 1.65 bits per heavy atom. The fourth-order valence-electron chi connectivity index (χ4n) is 4.93. The Labute approximate surface area is 218 Å². The number of anilines is 2. The molecule has 0 aliphatic carbocycles. The second kappa shape index (κ2) is 12.2. The summed E-state index contributed by atoms with van der Waals surface area (Å²) in [5.74, 6) is 0.151. The molecule has 2 aromatic rings. The molecule has 10 heteroatoms. The maximum atomic E-state index is 12.4. The van der Waals surface area contributed by atoms with Gasteiger partial charge in [-0.15, -0.1) is 0 Å². The van der Waals surface area contributed by atoms with Gasteiger partial charge in [-0.05, 0) is 38.0 Å². The molecule has 3 heterocycles. The Morgan fingerprint density at radius 3 is 2.35 bits per heavy atom. The highest BCUT2D eigenvalue weighted by Crippen LogP contribution is 2.23. The Bertz CT molecular complexity index is 1150. The van der Waals surface area contributed by atoms with Crippen LogP contribution in [-0.4, -0.2) is 90.6 Å². The number of aromatic amines is 1. The van der Waals surface area contributed by atoms with Gasteiger partial charge in [-0.2, -0.15) is 0 Å². The molecule has 2 fully saturated rings. The molecular formula is C27H38N6O4. The van der Waals surface area contributed by atoms with Crippen LogP contribution in [0.5, 0.6) is 0 Å². The standard InChI is InChI=1S/C27H38N6O4/c1-4-37-26(36)8-7-25(35)32-13-15-33(16-14-32)27-28-22(18-24(34)29-27)19-30-9-11-31(12-10-30)23-17-20(2)5-6-21(23)3/h5-6,17-18H,4,7-16,19H2,1-3H3,(H,28,29,34). The Kier molecular flexibility index (Phi) is 8.81. The number of hydrogen-bond acceptors (Lipinski definition) is 8. The molecule has 0 atom stereocenters. The molecule has 0 unspecified atom stereocenters. The second-order valence-electron chi connectivity index (χ2n) is 9.79. The maximum Gasteiger partial charge on any atom is 0.306 e. The van der Waals surface area contributed by atoms with Gasteiger partial charge in [0, 0.05) is 77.1 Å². The van der Waals surface area contributed by atoms with E-state index in [1.807, 2.05) is 4.90 Å². The summed E-state index contributed by atoms with van der Waals surface area (Å²) < 4.78 is 4.90. The van der Waals surface area contributed by atoms with Gasteiger partial charge in [-0.25, -0.2) is 4.98 Å². The predicted molar refractivity (Wildman–Crippen MR) is 143 cm³/mol. The van der Waals surface area contributed by atoms with Crippen LogP contribution < -0.4 is 15.4 Å². The molecule has 0 saturated carbocycles. The molecule has 10 nitrogen and oxygen atoms in total. The van der Waals surface area contributed by atoms with Gasteiger partial charge in [0.2, 0.25) is 11.9 Å². The highest BCUT2D eigenvalue weighted by molar-refractivity contribution is 5.81. The van der Waals surface area contributed by atoms with Gasteiger partial charge in [-0.3, -0.25) is 24.3 Å². The minimum absolute atomic E-state index is 0.0529. The van der Waals surface area contributed by atoms with E-state index in [1.54, 1.807) is 17.9 Å². The van der Waals surface area contributed by atoms with Gasteiger partial charge in [0.05, 0.1) is 18.7 Å². The highest BCUT2D eigenvalue weighted by Gasteiger charge is 2.24. The number of carbonyl (C=O) groups excluding carboxylic acids is 2. The summed E-state index contributed by atoms with van der Waals surface area (Å²) in [7, 11) is 0. The molecule has 4 rings (SSSR count). The predicted octanol–water partition coefficient (Wildman–Crippen LogP) is 1.70. The lowest BCUT2D eigenvalue weighted by molar-refractivity contribution is -0.145. The summed E-state index contributed by atoms with van der Waals surface area (Å²) in [6.45, 7) is 12.9. The van der Waals surface area contributed by atoms with E-state index in [9.17, 15) is 14.4 Å². The van der Waals surface area contributed by atoms with Crippen molar-refractivity contribution in [2.75, 3.05) is 68.8 Å². The Balaban J connectivity index is 1.29. The van der Waals surface area contributed by atoms with Gasteiger partial charge in [0.25, 0.3) is 5.56 Å². The van der Waals surface area contributed by atoms with Crippen molar-refractivity contribution >= 4 is 23.5 Å². The van der Waals surface area contributed by atoms with Gasteiger partial charge < -0.3 is 19.4 Å². The van der Waals surface area contributed by atoms with Crippen LogP contribution in [0.1, 0.15) is 36.6 Å². The van der Waals surface area contributed by atoms with Crippen LogP contribution in [0.4, 0.5) is 11.6 Å². The average molecular weight is 511 g/mol. The lowest BCUT2D eigenvalue weighted by Crippen LogP contribution is -2.49. The normalized spacial score (nSPS) is 16.7. The SMILES string of the molecule is CCOC(=O)CCC(=O)N1CCN(c2nc(CN3CCN(c4cc(C)ccc4C)CC3)cc(=O)[nH]2)CC1. The topological polar surface area (TPSA) is 102 Å². The molecule has 1 amide bonds. The lowest BCUT2D eigenvalue weighted by Gasteiger charge is -2.37. The van der Waals surface area contributed by atoms with E-state index >= 15 is 0 Å². The van der Waals surface area contributed by atoms with E-state index in [0.29, 0.717) is 45.3 Å². The molecule has 0 spiro atoms. The van der Waals surface area contributed by atoms with E-state index in [-0.39, 0.29) is 30.3 Å². The smallest absolute Gasteiger partial charge is 0.306 e. The number of ether oxygens (including phenoxy) is 1. The number of hydrogen-bond donors (Lipinski definition) is 1. The zero-order valence-electron chi connectivity index (χ0n) is 22.2. The fourth-order valence-corrected chi connectivity index (χ4v) is 4.93. The summed E-state index contributed by atoms with van der Waals surface area (Å²) in [4.78, 5) is 52.6. The Hall–Kier alpha value is -3.40. The molecule has 1 N–H and O–H groups in total. The molecule has 37 heavy (non-hydrogen) atoms. The molecule has 0 bridgehead atoms. The van der Waals surface area contributed by atoms with Crippen LogP contribution in [0.3, 0.4) is 0 Å². The minimum Gasteiger partial charge on any atom is -0.466 e. The number of nitrogens with zero attached hydrogens (tertiary/aromatic N) is 5. The first-order chi connectivity index (χ1) is 17.8. The molecule has 2 aliphatic heterocycles. The Morgan fingerprint density at radius 1 is 0.946 bits per heavy atom. The summed E-state index contributed by atoms with van der Waals surface area (Å²) in [5, 5.41) is 0. The minimum atomic E-state index is -0.347. The van der Waals surface area contributed by atoms with E-state index in [4.69, 9.17) is 9.72 Å². The van der Waals surface area contributed by atoms with Crippen molar-refractivity contribution in [3.8, 4) is 0 Å². The summed E-state index contributed by atoms with van der Waals surface area (Å²) in [5.41, 5.74) is 4.45. The number of amides is 1. The van der Waals surface area contributed by atoms with Crippen molar-refractivity contribution in [2.24, 2.45) is 0 Å². The number of esters is 1. The van der Waals surface area contributed by atoms with Crippen molar-refractivity contribution < 1.29 is 14.3 Å². The van der Waals surface area contributed by atoms with Gasteiger partial charge in [-0.1, -0.05) is 12.1 Å². The highest BCUT2D eigenvalue weighted by atomic mass is 16.5. The van der Waals surface area contributed by atoms with Crippen LogP contribution in [-0.2, 0) is 20.9 Å². The first-order valence-corrected chi connectivity index (χ1v) is 13.2. The van der Waals surface area contributed by atoms with Crippen molar-refractivity contribution in [3.05, 3.63) is 51.4 Å². The number of nitrogens with one attached hydrogen (secondary N) is 1. The molecule has 2 aliphatic rings. The van der Waals surface area contributed by atoms with Crippen LogP contribution in [0.15, 0.2) is 29.1 Å². The van der Waals surface area contributed by atoms with Crippen molar-refractivity contribution in [1.29, 1.82) is 0 Å². The number of aryl methyl sites for hydroxylation is 2. The largest absolute Gasteiger partial charge is 0.466 e. The second-order valence-corrected chi connectivity index (χ2v) is 9.79. The first-order valence-electron chi connectivity index (χ1n) is 13.2. The number of H-pyrrole nitrogens is 1. The monoisotopic (exact) mass is 510 g/mol.